The highest BCUT2D eigenvalue weighted by Gasteiger charge is 2.58. The van der Waals surface area contributed by atoms with Gasteiger partial charge in [0.25, 0.3) is 0 Å². The number of nitrogens with one attached hydrogen (secondary N) is 1. The van der Waals surface area contributed by atoms with Crippen molar-refractivity contribution in [2.45, 2.75) is 52.6 Å². The molecule has 1 aliphatic carbocycles. The van der Waals surface area contributed by atoms with Crippen LogP contribution in [0, 0.1) is 17.7 Å². The Kier molecular flexibility index (Phi) is 7.88. The lowest BCUT2D eigenvalue weighted by atomic mass is 9.56. The minimum Gasteiger partial charge on any atom is -0.398 e. The molecule has 1 spiro atoms. The number of likely N-dealkylation sites (tertiary alicyclic amines) is 1. The number of carbonyl (C=O) groups is 2. The summed E-state index contributed by atoms with van der Waals surface area (Å²) in [5.41, 5.74) is 10.1. The van der Waals surface area contributed by atoms with E-state index in [1.165, 1.54) is 6.21 Å². The standard InChI is InChI=1S/C25H32ClN7O2.C3H6/c1-15-22(23-19(12-27)21(28)5-4-20(23)26)24(31-8-6-30(7-9-31)17(3)35)29-33(15)18-10-25(11-18)13-32(14-34)16(25)2;1-3-2/h4-5,12,14,16,18,27H,6-11,13,28H2,1-3H3;3H,1H2,2H3. The first-order chi connectivity index (χ1) is 18.1. The molecule has 1 saturated carbocycles. The second kappa shape index (κ2) is 10.8. The third-order valence-electron chi connectivity index (χ3n) is 8.43. The minimum atomic E-state index is 0.0790. The van der Waals surface area contributed by atoms with Gasteiger partial charge in [-0.25, -0.2) is 0 Å². The van der Waals surface area contributed by atoms with Crippen LogP contribution in [-0.2, 0) is 9.59 Å². The summed E-state index contributed by atoms with van der Waals surface area (Å²) in [7, 11) is 0. The molecule has 2 saturated heterocycles. The lowest BCUT2D eigenvalue weighted by Crippen LogP contribution is -2.67. The number of aromatic nitrogens is 2. The lowest BCUT2D eigenvalue weighted by Gasteiger charge is -2.62. The number of benzene rings is 1. The van der Waals surface area contributed by atoms with Crippen molar-refractivity contribution in [3.8, 4) is 11.1 Å². The number of amides is 2. The zero-order chi connectivity index (χ0) is 27.8. The van der Waals surface area contributed by atoms with Crippen molar-refractivity contribution >= 4 is 41.6 Å². The first kappa shape index (κ1) is 27.7. The van der Waals surface area contributed by atoms with Crippen LogP contribution in [-0.4, -0.2) is 76.9 Å². The van der Waals surface area contributed by atoms with Crippen LogP contribution < -0.4 is 10.6 Å². The van der Waals surface area contributed by atoms with E-state index in [2.05, 4.69) is 30.0 Å². The minimum absolute atomic E-state index is 0.0790. The number of nitrogens with zero attached hydrogens (tertiary/aromatic N) is 5. The normalized spacial score (nSPS) is 24.2. The summed E-state index contributed by atoms with van der Waals surface area (Å²) in [4.78, 5) is 29.0. The Balaban J connectivity index is 0.00000107. The maximum atomic E-state index is 11.9. The zero-order valence-electron chi connectivity index (χ0n) is 22.7. The Hall–Kier alpha value is -3.33. The van der Waals surface area contributed by atoms with Crippen molar-refractivity contribution in [3.63, 3.8) is 0 Å². The molecule has 3 fully saturated rings. The smallest absolute Gasteiger partial charge is 0.219 e. The fraction of sp³-hybridized carbons (Fsp3) is 0.500. The monoisotopic (exact) mass is 539 g/mol. The van der Waals surface area contributed by atoms with Crippen molar-refractivity contribution in [3.05, 3.63) is 41.1 Å². The molecule has 2 amide bonds. The third kappa shape index (κ3) is 4.57. The van der Waals surface area contributed by atoms with Crippen molar-refractivity contribution in [1.29, 1.82) is 5.41 Å². The fourth-order valence-corrected chi connectivity index (χ4v) is 6.41. The lowest BCUT2D eigenvalue weighted by molar-refractivity contribution is -0.159. The molecule has 204 valence electrons. The van der Waals surface area contributed by atoms with Crippen molar-refractivity contribution < 1.29 is 9.59 Å². The molecule has 0 bridgehead atoms. The van der Waals surface area contributed by atoms with Gasteiger partial charge in [0.1, 0.15) is 0 Å². The maximum absolute atomic E-state index is 11.9. The molecule has 38 heavy (non-hydrogen) atoms. The van der Waals surface area contributed by atoms with Crippen LogP contribution in [0.4, 0.5) is 11.5 Å². The highest BCUT2D eigenvalue weighted by atomic mass is 35.5. The van der Waals surface area contributed by atoms with E-state index in [0.717, 1.165) is 48.4 Å². The number of carbonyl (C=O) groups excluding carboxylic acids is 2. The molecule has 10 heteroatoms. The molecule has 1 unspecified atom stereocenters. The average Bonchev–Trinajstić information content (AvgIpc) is 3.20. The molecule has 2 aliphatic heterocycles. The Morgan fingerprint density at radius 3 is 2.39 bits per heavy atom. The van der Waals surface area contributed by atoms with Gasteiger partial charge in [0, 0.05) is 90.4 Å². The Morgan fingerprint density at radius 1 is 1.24 bits per heavy atom. The molecule has 5 rings (SSSR count). The van der Waals surface area contributed by atoms with Gasteiger partial charge in [-0.3, -0.25) is 14.3 Å². The van der Waals surface area contributed by atoms with Crippen molar-refractivity contribution in [2.75, 3.05) is 43.4 Å². The van der Waals surface area contributed by atoms with Crippen LogP contribution >= 0.6 is 11.6 Å². The van der Waals surface area contributed by atoms with Gasteiger partial charge in [0.15, 0.2) is 5.82 Å². The van der Waals surface area contributed by atoms with Crippen molar-refractivity contribution in [1.82, 2.24) is 19.6 Å². The summed E-state index contributed by atoms with van der Waals surface area (Å²) in [5.74, 6) is 0.897. The van der Waals surface area contributed by atoms with Crippen LogP contribution in [0.5, 0.6) is 0 Å². The Morgan fingerprint density at radius 2 is 1.87 bits per heavy atom. The van der Waals surface area contributed by atoms with E-state index in [1.807, 2.05) is 16.7 Å². The van der Waals surface area contributed by atoms with Gasteiger partial charge < -0.3 is 25.8 Å². The van der Waals surface area contributed by atoms with Gasteiger partial charge in [0.05, 0.1) is 6.04 Å². The molecule has 1 aromatic carbocycles. The van der Waals surface area contributed by atoms with Gasteiger partial charge in [-0.2, -0.15) is 5.10 Å². The predicted octanol–water partition coefficient (Wildman–Crippen LogP) is 4.13. The number of nitrogens with two attached hydrogens (primary N) is 1. The molecule has 1 atom stereocenters. The predicted molar refractivity (Wildman–Crippen MR) is 153 cm³/mol. The number of halogens is 1. The van der Waals surface area contributed by atoms with E-state index in [4.69, 9.17) is 27.8 Å². The molecule has 9 nitrogen and oxygen atoms in total. The van der Waals surface area contributed by atoms with Gasteiger partial charge in [0.2, 0.25) is 12.3 Å². The summed E-state index contributed by atoms with van der Waals surface area (Å²) in [6.45, 7) is 14.4. The maximum Gasteiger partial charge on any atom is 0.219 e. The SMILES string of the molecule is C=CC.CC(=O)N1CCN(c2nn(C3CC4(C3)CN(C=O)C4C)c(C)c2-c2c(Cl)ccc(N)c2C=N)CC1. The van der Waals surface area contributed by atoms with Gasteiger partial charge in [-0.1, -0.05) is 17.7 Å². The number of hydrogen-bond acceptors (Lipinski definition) is 6. The number of piperazine rings is 1. The second-order valence-electron chi connectivity index (χ2n) is 10.6. The first-order valence-electron chi connectivity index (χ1n) is 13.1. The van der Waals surface area contributed by atoms with Gasteiger partial charge >= 0.3 is 0 Å². The fourth-order valence-electron chi connectivity index (χ4n) is 6.15. The van der Waals surface area contributed by atoms with E-state index in [1.54, 1.807) is 25.1 Å². The summed E-state index contributed by atoms with van der Waals surface area (Å²) in [6.07, 6.45) is 5.90. The van der Waals surface area contributed by atoms with E-state index in [-0.39, 0.29) is 23.4 Å². The second-order valence-corrected chi connectivity index (χ2v) is 11.0. The van der Waals surface area contributed by atoms with E-state index in [0.29, 0.717) is 42.5 Å². The average molecular weight is 540 g/mol. The Bertz CT molecular complexity index is 1240. The summed E-state index contributed by atoms with van der Waals surface area (Å²) in [5, 5.41) is 13.7. The Labute approximate surface area is 229 Å². The third-order valence-corrected chi connectivity index (χ3v) is 8.74. The molecular formula is C28H38ClN7O2. The first-order valence-corrected chi connectivity index (χ1v) is 13.5. The van der Waals surface area contributed by atoms with Crippen LogP contribution in [0.2, 0.25) is 5.02 Å². The molecule has 3 aliphatic rings. The largest absolute Gasteiger partial charge is 0.398 e. The summed E-state index contributed by atoms with van der Waals surface area (Å²) < 4.78 is 2.11. The van der Waals surface area contributed by atoms with Crippen LogP contribution in [0.15, 0.2) is 24.8 Å². The molecule has 3 heterocycles. The number of rotatable bonds is 5. The molecule has 2 aromatic rings. The van der Waals surface area contributed by atoms with Gasteiger partial charge in [-0.05, 0) is 45.7 Å². The number of nitrogen functional groups attached to an aromatic ring is 1. The number of allylic oxidation sites excluding steroid dienone is 1. The van der Waals surface area contributed by atoms with Gasteiger partial charge in [-0.15, -0.1) is 6.58 Å². The molecule has 1 aromatic heterocycles. The topological polar surface area (TPSA) is 112 Å². The molecular weight excluding hydrogens is 502 g/mol. The van der Waals surface area contributed by atoms with Crippen LogP contribution in [0.1, 0.15) is 50.9 Å². The van der Waals surface area contributed by atoms with Crippen molar-refractivity contribution in [2.24, 2.45) is 5.41 Å². The zero-order valence-corrected chi connectivity index (χ0v) is 23.5. The van der Waals surface area contributed by atoms with E-state index in [9.17, 15) is 9.59 Å². The quantitative estimate of drug-likeness (QED) is 0.257. The van der Waals surface area contributed by atoms with E-state index < -0.39 is 0 Å². The highest BCUT2D eigenvalue weighted by molar-refractivity contribution is 6.34. The number of hydrogen-bond donors (Lipinski definition) is 2. The summed E-state index contributed by atoms with van der Waals surface area (Å²) in [6, 6.07) is 3.98. The summed E-state index contributed by atoms with van der Waals surface area (Å²) >= 11 is 6.72. The van der Waals surface area contributed by atoms with E-state index >= 15 is 0 Å². The molecule has 3 N–H and O–H groups in total. The number of anilines is 2. The molecule has 0 radical (unpaired) electrons. The highest BCUT2D eigenvalue weighted by Crippen LogP contribution is 2.58. The van der Waals surface area contributed by atoms with Crippen LogP contribution in [0.25, 0.3) is 11.1 Å². The van der Waals surface area contributed by atoms with Crippen LogP contribution in [0.3, 0.4) is 0 Å².